The fraction of sp³-hybridized carbons (Fsp3) is 0.300. The van der Waals surface area contributed by atoms with E-state index < -0.39 is 17.3 Å². The van der Waals surface area contributed by atoms with Crippen molar-refractivity contribution in [1.82, 2.24) is 0 Å². The molecule has 0 aliphatic rings. The van der Waals surface area contributed by atoms with Gasteiger partial charge in [0, 0.05) is 5.56 Å². The third-order valence-corrected chi connectivity index (χ3v) is 2.01. The fourth-order valence-corrected chi connectivity index (χ4v) is 1.33. The zero-order valence-electron chi connectivity index (χ0n) is 8.24. The average Bonchev–Trinajstić information content (AvgIpc) is 2.02. The van der Waals surface area contributed by atoms with Crippen LogP contribution in [0.1, 0.15) is 18.9 Å². The van der Waals surface area contributed by atoms with Crippen LogP contribution in [-0.2, 0) is 10.3 Å². The van der Waals surface area contributed by atoms with Crippen molar-refractivity contribution in [2.24, 2.45) is 5.73 Å². The molecule has 1 rings (SSSR count). The number of carboxylic acids is 1. The van der Waals surface area contributed by atoms with Gasteiger partial charge in [0.05, 0.1) is 12.0 Å². The Balaban J connectivity index is 0.00000196. The van der Waals surface area contributed by atoms with Crippen molar-refractivity contribution in [3.8, 4) is 0 Å². The quantitative estimate of drug-likeness (QED) is 0.838. The third kappa shape index (κ3) is 3.49. The van der Waals surface area contributed by atoms with Crippen LogP contribution in [-0.4, -0.2) is 11.1 Å². The monoisotopic (exact) mass is 233 g/mol. The molecular weight excluding hydrogens is 221 g/mol. The SMILES string of the molecule is CC(N)(CC(=O)O)c1ccccc1F.Cl. The average molecular weight is 234 g/mol. The number of benzene rings is 1. The van der Waals surface area contributed by atoms with Gasteiger partial charge in [0.15, 0.2) is 0 Å². The highest BCUT2D eigenvalue weighted by atomic mass is 35.5. The van der Waals surface area contributed by atoms with Gasteiger partial charge in [-0.05, 0) is 13.0 Å². The van der Waals surface area contributed by atoms with Gasteiger partial charge in [0.1, 0.15) is 5.82 Å². The van der Waals surface area contributed by atoms with Gasteiger partial charge in [-0.2, -0.15) is 0 Å². The molecule has 5 heteroatoms. The Morgan fingerprint density at radius 3 is 2.53 bits per heavy atom. The smallest absolute Gasteiger partial charge is 0.305 e. The van der Waals surface area contributed by atoms with Crippen LogP contribution in [0.5, 0.6) is 0 Å². The molecule has 0 spiro atoms. The summed E-state index contributed by atoms with van der Waals surface area (Å²) < 4.78 is 13.3. The van der Waals surface area contributed by atoms with Crippen LogP contribution in [0.2, 0.25) is 0 Å². The van der Waals surface area contributed by atoms with Gasteiger partial charge < -0.3 is 10.8 Å². The normalized spacial score (nSPS) is 13.8. The maximum atomic E-state index is 13.3. The molecule has 0 aromatic heterocycles. The van der Waals surface area contributed by atoms with E-state index in [9.17, 15) is 9.18 Å². The van der Waals surface area contributed by atoms with E-state index in [1.165, 1.54) is 25.1 Å². The molecule has 0 fully saturated rings. The van der Waals surface area contributed by atoms with Gasteiger partial charge >= 0.3 is 5.97 Å². The standard InChI is InChI=1S/C10H12FNO2.ClH/c1-10(12,6-9(13)14)7-4-2-3-5-8(7)11;/h2-5H,6,12H2,1H3,(H,13,14);1H. The number of carbonyl (C=O) groups is 1. The Hall–Kier alpha value is -1.13. The summed E-state index contributed by atoms with van der Waals surface area (Å²) in [5.74, 6) is -1.52. The van der Waals surface area contributed by atoms with Gasteiger partial charge in [-0.15, -0.1) is 12.4 Å². The van der Waals surface area contributed by atoms with Crippen LogP contribution in [0.15, 0.2) is 24.3 Å². The fourth-order valence-electron chi connectivity index (χ4n) is 1.33. The van der Waals surface area contributed by atoms with E-state index in [1.807, 2.05) is 0 Å². The first-order valence-electron chi connectivity index (χ1n) is 4.19. The molecule has 3 N–H and O–H groups in total. The number of carboxylic acid groups (broad SMARTS) is 1. The summed E-state index contributed by atoms with van der Waals surface area (Å²) in [6.07, 6.45) is -0.298. The highest BCUT2D eigenvalue weighted by Crippen LogP contribution is 2.23. The number of halogens is 2. The van der Waals surface area contributed by atoms with E-state index >= 15 is 0 Å². The molecule has 0 saturated carbocycles. The van der Waals surface area contributed by atoms with Crippen molar-refractivity contribution in [3.63, 3.8) is 0 Å². The highest BCUT2D eigenvalue weighted by molar-refractivity contribution is 5.85. The summed E-state index contributed by atoms with van der Waals surface area (Å²) in [7, 11) is 0. The summed E-state index contributed by atoms with van der Waals surface area (Å²) in [5, 5.41) is 8.60. The molecular formula is C10H13ClFNO2. The van der Waals surface area contributed by atoms with E-state index in [1.54, 1.807) is 6.07 Å². The van der Waals surface area contributed by atoms with Crippen LogP contribution in [0.25, 0.3) is 0 Å². The van der Waals surface area contributed by atoms with Crippen LogP contribution in [0.3, 0.4) is 0 Å². The predicted octanol–water partition coefficient (Wildman–Crippen LogP) is 1.90. The van der Waals surface area contributed by atoms with E-state index in [4.69, 9.17) is 10.8 Å². The largest absolute Gasteiger partial charge is 0.481 e. The lowest BCUT2D eigenvalue weighted by molar-refractivity contribution is -0.138. The Labute approximate surface area is 93.5 Å². The Bertz CT molecular complexity index is 355. The van der Waals surface area contributed by atoms with Gasteiger partial charge in [-0.25, -0.2) is 4.39 Å². The molecule has 0 aliphatic carbocycles. The zero-order chi connectivity index (χ0) is 10.8. The van der Waals surface area contributed by atoms with E-state index in [-0.39, 0.29) is 24.4 Å². The molecule has 1 unspecified atom stereocenters. The Kier molecular flexibility index (Phi) is 4.71. The van der Waals surface area contributed by atoms with Crippen LogP contribution >= 0.6 is 12.4 Å². The number of hydrogen-bond donors (Lipinski definition) is 2. The summed E-state index contributed by atoms with van der Waals surface area (Å²) in [6.45, 7) is 1.50. The van der Waals surface area contributed by atoms with Gasteiger partial charge in [0.25, 0.3) is 0 Å². The van der Waals surface area contributed by atoms with Crippen molar-refractivity contribution < 1.29 is 14.3 Å². The first-order valence-corrected chi connectivity index (χ1v) is 4.19. The molecule has 0 radical (unpaired) electrons. The molecule has 0 aliphatic heterocycles. The zero-order valence-corrected chi connectivity index (χ0v) is 9.05. The summed E-state index contributed by atoms with van der Waals surface area (Å²) in [5.41, 5.74) is 4.77. The van der Waals surface area contributed by atoms with Gasteiger partial charge in [-0.1, -0.05) is 18.2 Å². The maximum Gasteiger partial charge on any atom is 0.305 e. The second-order valence-electron chi connectivity index (χ2n) is 3.47. The van der Waals surface area contributed by atoms with Gasteiger partial charge in [-0.3, -0.25) is 4.79 Å². The number of aliphatic carboxylic acids is 1. The molecule has 84 valence electrons. The van der Waals surface area contributed by atoms with E-state index in [0.717, 1.165) is 0 Å². The van der Waals surface area contributed by atoms with Crippen molar-refractivity contribution >= 4 is 18.4 Å². The lowest BCUT2D eigenvalue weighted by atomic mass is 9.89. The van der Waals surface area contributed by atoms with Crippen molar-refractivity contribution in [2.45, 2.75) is 18.9 Å². The molecule has 0 saturated heterocycles. The first-order chi connectivity index (χ1) is 6.43. The molecule has 1 atom stereocenters. The first kappa shape index (κ1) is 13.9. The minimum atomic E-state index is -1.17. The number of nitrogens with two attached hydrogens (primary N) is 1. The molecule has 1 aromatic rings. The molecule has 1 aromatic carbocycles. The Morgan fingerprint density at radius 1 is 1.53 bits per heavy atom. The van der Waals surface area contributed by atoms with Crippen molar-refractivity contribution in [3.05, 3.63) is 35.6 Å². The summed E-state index contributed by atoms with van der Waals surface area (Å²) in [6, 6.07) is 5.93. The van der Waals surface area contributed by atoms with Crippen molar-refractivity contribution in [1.29, 1.82) is 0 Å². The number of rotatable bonds is 3. The molecule has 0 amide bonds. The van der Waals surface area contributed by atoms with Crippen LogP contribution < -0.4 is 5.73 Å². The van der Waals surface area contributed by atoms with Crippen molar-refractivity contribution in [2.75, 3.05) is 0 Å². The topological polar surface area (TPSA) is 63.3 Å². The molecule has 15 heavy (non-hydrogen) atoms. The maximum absolute atomic E-state index is 13.3. The summed E-state index contributed by atoms with van der Waals surface area (Å²) >= 11 is 0. The number of hydrogen-bond acceptors (Lipinski definition) is 2. The third-order valence-electron chi connectivity index (χ3n) is 2.01. The van der Waals surface area contributed by atoms with Crippen LogP contribution in [0, 0.1) is 5.82 Å². The van der Waals surface area contributed by atoms with E-state index in [0.29, 0.717) is 0 Å². The minimum Gasteiger partial charge on any atom is -0.481 e. The molecule has 0 heterocycles. The molecule has 0 bridgehead atoms. The minimum absolute atomic E-state index is 0. The summed E-state index contributed by atoms with van der Waals surface area (Å²) in [4.78, 5) is 10.5. The Morgan fingerprint density at radius 2 is 2.07 bits per heavy atom. The highest BCUT2D eigenvalue weighted by Gasteiger charge is 2.27. The lowest BCUT2D eigenvalue weighted by Crippen LogP contribution is -2.36. The lowest BCUT2D eigenvalue weighted by Gasteiger charge is -2.23. The van der Waals surface area contributed by atoms with Gasteiger partial charge in [0.2, 0.25) is 0 Å². The van der Waals surface area contributed by atoms with E-state index in [2.05, 4.69) is 0 Å². The second kappa shape index (κ2) is 5.09. The molecule has 3 nitrogen and oxygen atoms in total. The predicted molar refractivity (Wildman–Crippen MR) is 57.4 cm³/mol. The second-order valence-corrected chi connectivity index (χ2v) is 3.47. The van der Waals surface area contributed by atoms with Crippen LogP contribution in [0.4, 0.5) is 4.39 Å².